The molecule has 1 saturated carbocycles. The molecular formula is C22H27N5O. The maximum atomic E-state index is 6.28. The molecule has 6 nitrogen and oxygen atoms in total. The normalized spacial score (nSPS) is 16.8. The molecular weight excluding hydrogens is 350 g/mol. The van der Waals surface area contributed by atoms with Crippen LogP contribution in [0.4, 0.5) is 17.2 Å². The number of nitrogens with two attached hydrogens (primary N) is 1. The fourth-order valence-corrected chi connectivity index (χ4v) is 3.87. The summed E-state index contributed by atoms with van der Waals surface area (Å²) in [5.74, 6) is 1.34. The smallest absolute Gasteiger partial charge is 0.238 e. The van der Waals surface area contributed by atoms with Gasteiger partial charge in [-0.05, 0) is 67.9 Å². The SMILES string of the molecule is Cc1cc(N)cc2ncnc(Nc3cccnc3OC3CCC(C)(C)CC3)c12. The highest BCUT2D eigenvalue weighted by Gasteiger charge is 2.28. The number of benzene rings is 1. The third kappa shape index (κ3) is 3.86. The monoisotopic (exact) mass is 377 g/mol. The summed E-state index contributed by atoms with van der Waals surface area (Å²) in [6.07, 6.45) is 7.96. The largest absolute Gasteiger partial charge is 0.473 e. The average molecular weight is 377 g/mol. The van der Waals surface area contributed by atoms with Crippen molar-refractivity contribution in [1.82, 2.24) is 15.0 Å². The van der Waals surface area contributed by atoms with Crippen molar-refractivity contribution in [2.45, 2.75) is 52.6 Å². The maximum Gasteiger partial charge on any atom is 0.238 e. The van der Waals surface area contributed by atoms with E-state index >= 15 is 0 Å². The Kier molecular flexibility index (Phi) is 4.79. The molecule has 0 saturated heterocycles. The lowest BCUT2D eigenvalue weighted by Crippen LogP contribution is -2.28. The summed E-state index contributed by atoms with van der Waals surface area (Å²) >= 11 is 0. The van der Waals surface area contributed by atoms with Gasteiger partial charge in [-0.25, -0.2) is 15.0 Å². The second kappa shape index (κ2) is 7.26. The van der Waals surface area contributed by atoms with Crippen LogP contribution < -0.4 is 15.8 Å². The quantitative estimate of drug-likeness (QED) is 0.622. The van der Waals surface area contributed by atoms with E-state index in [1.165, 1.54) is 12.8 Å². The van der Waals surface area contributed by atoms with Gasteiger partial charge in [0.1, 0.15) is 23.9 Å². The van der Waals surface area contributed by atoms with Gasteiger partial charge in [0.05, 0.1) is 5.52 Å². The summed E-state index contributed by atoms with van der Waals surface area (Å²) in [6, 6.07) is 7.66. The zero-order valence-electron chi connectivity index (χ0n) is 16.7. The second-order valence-electron chi connectivity index (χ2n) is 8.42. The molecule has 28 heavy (non-hydrogen) atoms. The molecule has 2 aromatic heterocycles. The maximum absolute atomic E-state index is 6.28. The summed E-state index contributed by atoms with van der Waals surface area (Å²) in [7, 11) is 0. The number of aryl methyl sites for hydroxylation is 1. The van der Waals surface area contributed by atoms with Crippen molar-refractivity contribution in [2.24, 2.45) is 5.41 Å². The Labute approximate surface area is 165 Å². The molecule has 1 aliphatic rings. The van der Waals surface area contributed by atoms with Crippen LogP contribution in [0.15, 0.2) is 36.8 Å². The Balaban J connectivity index is 1.61. The second-order valence-corrected chi connectivity index (χ2v) is 8.42. The van der Waals surface area contributed by atoms with Crippen LogP contribution in [0, 0.1) is 12.3 Å². The number of aromatic nitrogens is 3. The van der Waals surface area contributed by atoms with Crippen molar-refractivity contribution >= 4 is 28.1 Å². The van der Waals surface area contributed by atoms with E-state index in [1.807, 2.05) is 31.2 Å². The van der Waals surface area contributed by atoms with Gasteiger partial charge in [-0.3, -0.25) is 0 Å². The fourth-order valence-electron chi connectivity index (χ4n) is 3.87. The number of nitrogens with zero attached hydrogens (tertiary/aromatic N) is 3. The average Bonchev–Trinajstić information content (AvgIpc) is 2.64. The van der Waals surface area contributed by atoms with Crippen LogP contribution in [-0.4, -0.2) is 21.1 Å². The highest BCUT2D eigenvalue weighted by Crippen LogP contribution is 2.38. The van der Waals surface area contributed by atoms with Crippen LogP contribution in [0.25, 0.3) is 10.9 Å². The number of anilines is 3. The van der Waals surface area contributed by atoms with Gasteiger partial charge in [-0.2, -0.15) is 0 Å². The van der Waals surface area contributed by atoms with Crippen molar-refractivity contribution in [2.75, 3.05) is 11.1 Å². The van der Waals surface area contributed by atoms with E-state index in [9.17, 15) is 0 Å². The van der Waals surface area contributed by atoms with Gasteiger partial charge in [-0.1, -0.05) is 13.8 Å². The Hall–Kier alpha value is -2.89. The first-order valence-electron chi connectivity index (χ1n) is 9.81. The molecule has 146 valence electrons. The molecule has 4 rings (SSSR count). The van der Waals surface area contributed by atoms with Crippen molar-refractivity contribution in [1.29, 1.82) is 0 Å². The highest BCUT2D eigenvalue weighted by molar-refractivity contribution is 5.95. The van der Waals surface area contributed by atoms with Gasteiger partial charge >= 0.3 is 0 Å². The lowest BCUT2D eigenvalue weighted by Gasteiger charge is -2.34. The molecule has 1 fully saturated rings. The third-order valence-electron chi connectivity index (χ3n) is 5.55. The Morgan fingerprint density at radius 1 is 1.14 bits per heavy atom. The zero-order chi connectivity index (χ0) is 19.7. The summed E-state index contributed by atoms with van der Waals surface area (Å²) in [6.45, 7) is 6.66. The third-order valence-corrected chi connectivity index (χ3v) is 5.55. The van der Waals surface area contributed by atoms with Gasteiger partial charge in [-0.15, -0.1) is 0 Å². The molecule has 0 unspecified atom stereocenters. The molecule has 0 amide bonds. The van der Waals surface area contributed by atoms with E-state index < -0.39 is 0 Å². The Morgan fingerprint density at radius 3 is 2.71 bits per heavy atom. The van der Waals surface area contributed by atoms with Gasteiger partial charge in [0.2, 0.25) is 5.88 Å². The first kappa shape index (κ1) is 18.5. The first-order valence-corrected chi connectivity index (χ1v) is 9.81. The molecule has 6 heteroatoms. The number of hydrogen-bond acceptors (Lipinski definition) is 6. The lowest BCUT2D eigenvalue weighted by atomic mass is 9.76. The summed E-state index contributed by atoms with van der Waals surface area (Å²) in [4.78, 5) is 13.3. The molecule has 0 atom stereocenters. The topological polar surface area (TPSA) is 86.0 Å². The van der Waals surface area contributed by atoms with Crippen LogP contribution in [-0.2, 0) is 0 Å². The van der Waals surface area contributed by atoms with Crippen LogP contribution in [0.5, 0.6) is 5.88 Å². The van der Waals surface area contributed by atoms with E-state index in [4.69, 9.17) is 10.5 Å². The molecule has 0 bridgehead atoms. The fraction of sp³-hybridized carbons (Fsp3) is 0.409. The van der Waals surface area contributed by atoms with E-state index in [0.717, 1.165) is 40.8 Å². The number of nitrogen functional groups attached to an aromatic ring is 1. The van der Waals surface area contributed by atoms with Gasteiger partial charge in [0.15, 0.2) is 0 Å². The minimum atomic E-state index is 0.201. The summed E-state index contributed by atoms with van der Waals surface area (Å²) < 4.78 is 6.28. The van der Waals surface area contributed by atoms with Gasteiger partial charge < -0.3 is 15.8 Å². The molecule has 0 radical (unpaired) electrons. The number of ether oxygens (including phenoxy) is 1. The van der Waals surface area contributed by atoms with Crippen LogP contribution in [0.3, 0.4) is 0 Å². The predicted molar refractivity (Wildman–Crippen MR) is 113 cm³/mol. The van der Waals surface area contributed by atoms with E-state index in [2.05, 4.69) is 34.1 Å². The van der Waals surface area contributed by atoms with E-state index in [-0.39, 0.29) is 6.10 Å². The number of fused-ring (bicyclic) bond motifs is 1. The number of pyridine rings is 1. The molecule has 1 aliphatic carbocycles. The molecule has 3 aromatic rings. The molecule has 3 N–H and O–H groups in total. The minimum absolute atomic E-state index is 0.201. The number of hydrogen-bond donors (Lipinski definition) is 2. The van der Waals surface area contributed by atoms with Crippen molar-refractivity contribution in [3.63, 3.8) is 0 Å². The van der Waals surface area contributed by atoms with Gasteiger partial charge in [0, 0.05) is 17.3 Å². The number of rotatable bonds is 4. The summed E-state index contributed by atoms with van der Waals surface area (Å²) in [5, 5.41) is 4.35. The number of nitrogens with one attached hydrogen (secondary N) is 1. The molecule has 0 aliphatic heterocycles. The van der Waals surface area contributed by atoms with Gasteiger partial charge in [0.25, 0.3) is 0 Å². The van der Waals surface area contributed by atoms with Crippen molar-refractivity contribution in [3.05, 3.63) is 42.4 Å². The lowest BCUT2D eigenvalue weighted by molar-refractivity contribution is 0.0956. The standard InChI is InChI=1S/C22H27N5O/c1-14-11-15(23)12-18-19(14)20(26-13-25-18)27-17-5-4-10-24-21(17)28-16-6-8-22(2,3)9-7-16/h4-5,10-13,16H,6-9,23H2,1-3H3,(H,25,26,27). The molecule has 0 spiro atoms. The predicted octanol–water partition coefficient (Wildman–Crippen LogP) is 5.01. The first-order chi connectivity index (χ1) is 13.4. The van der Waals surface area contributed by atoms with E-state index in [1.54, 1.807) is 12.5 Å². The van der Waals surface area contributed by atoms with Crippen LogP contribution in [0.1, 0.15) is 45.1 Å². The van der Waals surface area contributed by atoms with Crippen molar-refractivity contribution < 1.29 is 4.74 Å². The minimum Gasteiger partial charge on any atom is -0.473 e. The molecule has 2 heterocycles. The van der Waals surface area contributed by atoms with Crippen LogP contribution >= 0.6 is 0 Å². The summed E-state index contributed by atoms with van der Waals surface area (Å²) in [5.41, 5.74) is 9.72. The van der Waals surface area contributed by atoms with Crippen molar-refractivity contribution in [3.8, 4) is 5.88 Å². The zero-order valence-corrected chi connectivity index (χ0v) is 16.7. The molecule has 1 aromatic carbocycles. The Bertz CT molecular complexity index is 991. The van der Waals surface area contributed by atoms with E-state index in [0.29, 0.717) is 17.0 Å². The van der Waals surface area contributed by atoms with Crippen LogP contribution in [0.2, 0.25) is 0 Å². The Morgan fingerprint density at radius 2 is 1.93 bits per heavy atom. The highest BCUT2D eigenvalue weighted by atomic mass is 16.5.